The Balaban J connectivity index is 1.77. The van der Waals surface area contributed by atoms with Crippen molar-refractivity contribution in [3.8, 4) is 0 Å². The molecule has 0 aliphatic carbocycles. The van der Waals surface area contributed by atoms with Gasteiger partial charge < -0.3 is 27.5 Å². The van der Waals surface area contributed by atoms with Gasteiger partial charge in [0.1, 0.15) is 11.7 Å². The average Bonchev–Trinajstić information content (AvgIpc) is 2.78. The predicted octanol–water partition coefficient (Wildman–Crippen LogP) is 2.92. The van der Waals surface area contributed by atoms with Gasteiger partial charge in [-0.1, -0.05) is 13.8 Å². The summed E-state index contributed by atoms with van der Waals surface area (Å²) >= 11 is 0. The molecule has 3 rings (SSSR count). The molecule has 2 aliphatic rings. The minimum absolute atomic E-state index is 0.194. The van der Waals surface area contributed by atoms with Crippen LogP contribution in [0.4, 0.5) is 5.69 Å². The molecule has 1 aromatic rings. The van der Waals surface area contributed by atoms with Gasteiger partial charge in [0.25, 0.3) is 0 Å². The zero-order chi connectivity index (χ0) is 22.2. The molecule has 2 aliphatic heterocycles. The van der Waals surface area contributed by atoms with Crippen molar-refractivity contribution >= 4 is 24.0 Å². The van der Waals surface area contributed by atoms with Crippen LogP contribution in [0.5, 0.6) is 0 Å². The van der Waals surface area contributed by atoms with E-state index in [9.17, 15) is 0 Å². The van der Waals surface area contributed by atoms with Crippen LogP contribution >= 0.6 is 0 Å². The third kappa shape index (κ3) is 5.66. The Morgan fingerprint density at radius 3 is 2.65 bits per heavy atom. The SMILES string of the molecule is CC(C)C(C=N)=CC(N)=NC1=CC=C2NC=C(C(C=Nc3ccncc3)=CN)C=C2N1. The predicted molar refractivity (Wildman–Crippen MR) is 127 cm³/mol. The molecule has 8 heteroatoms. The Hall–Kier alpha value is -4.20. The summed E-state index contributed by atoms with van der Waals surface area (Å²) in [4.78, 5) is 12.8. The smallest absolute Gasteiger partial charge is 0.132 e. The standard InChI is InChI=1S/C23H26N8/c1-15(2)16(11-24)10-22(26)31-23-4-3-20-21(30-23)9-17(13-29-20)18(12-25)14-28-19-5-7-27-8-6-19/h3-15,24,29-30H,25H2,1-2H3,(H2,26,31). The van der Waals surface area contributed by atoms with Gasteiger partial charge >= 0.3 is 0 Å². The van der Waals surface area contributed by atoms with Gasteiger partial charge in [-0.15, -0.1) is 0 Å². The van der Waals surface area contributed by atoms with Crippen LogP contribution in [0.15, 0.2) is 105 Å². The summed E-state index contributed by atoms with van der Waals surface area (Å²) in [6.45, 7) is 4.01. The van der Waals surface area contributed by atoms with Crippen molar-refractivity contribution in [2.24, 2.45) is 27.4 Å². The molecule has 7 N–H and O–H groups in total. The number of aliphatic imine (C=N–C) groups is 2. The molecule has 0 bridgehead atoms. The lowest BCUT2D eigenvalue weighted by atomic mass is 10.0. The van der Waals surface area contributed by atoms with Crippen molar-refractivity contribution in [1.82, 2.24) is 15.6 Å². The highest BCUT2D eigenvalue weighted by Gasteiger charge is 2.16. The maximum Gasteiger partial charge on any atom is 0.132 e. The van der Waals surface area contributed by atoms with Crippen LogP contribution in [0.2, 0.25) is 0 Å². The Morgan fingerprint density at radius 1 is 1.19 bits per heavy atom. The van der Waals surface area contributed by atoms with E-state index in [4.69, 9.17) is 16.9 Å². The van der Waals surface area contributed by atoms with Gasteiger partial charge in [-0.2, -0.15) is 0 Å². The van der Waals surface area contributed by atoms with Gasteiger partial charge in [0.15, 0.2) is 0 Å². The summed E-state index contributed by atoms with van der Waals surface area (Å²) < 4.78 is 0. The van der Waals surface area contributed by atoms with Crippen LogP contribution in [-0.2, 0) is 0 Å². The largest absolute Gasteiger partial charge is 0.404 e. The Kier molecular flexibility index (Phi) is 6.95. The fourth-order valence-corrected chi connectivity index (χ4v) is 2.83. The van der Waals surface area contributed by atoms with E-state index >= 15 is 0 Å². The lowest BCUT2D eigenvalue weighted by molar-refractivity contribution is 0.806. The molecule has 0 aromatic carbocycles. The average molecular weight is 415 g/mol. The van der Waals surface area contributed by atoms with Crippen molar-refractivity contribution in [3.63, 3.8) is 0 Å². The first kappa shape index (κ1) is 21.5. The van der Waals surface area contributed by atoms with E-state index in [2.05, 4.69) is 25.6 Å². The van der Waals surface area contributed by atoms with E-state index in [1.165, 1.54) is 12.4 Å². The molecule has 0 spiro atoms. The Morgan fingerprint density at radius 2 is 1.97 bits per heavy atom. The van der Waals surface area contributed by atoms with E-state index in [1.54, 1.807) is 24.7 Å². The van der Waals surface area contributed by atoms with E-state index < -0.39 is 0 Å². The lowest BCUT2D eigenvalue weighted by Crippen LogP contribution is -2.26. The highest BCUT2D eigenvalue weighted by atomic mass is 15.1. The van der Waals surface area contributed by atoms with Crippen molar-refractivity contribution in [3.05, 3.63) is 95.2 Å². The molecular formula is C23H26N8. The summed E-state index contributed by atoms with van der Waals surface area (Å²) in [6, 6.07) is 3.63. The second kappa shape index (κ2) is 10.0. The minimum atomic E-state index is 0.194. The number of allylic oxidation sites excluding steroid dienone is 6. The van der Waals surface area contributed by atoms with E-state index in [0.717, 1.165) is 33.8 Å². The number of rotatable bonds is 7. The Bertz CT molecular complexity index is 1080. The number of amidine groups is 1. The topological polar surface area (TPSA) is 138 Å². The van der Waals surface area contributed by atoms with Gasteiger partial charge in [0.05, 0.1) is 17.1 Å². The van der Waals surface area contributed by atoms with Crippen LogP contribution in [0, 0.1) is 11.3 Å². The number of fused-ring (bicyclic) bond motifs is 1. The molecule has 0 atom stereocenters. The monoisotopic (exact) mass is 414 g/mol. The quantitative estimate of drug-likeness (QED) is 0.345. The molecule has 0 unspecified atom stereocenters. The van der Waals surface area contributed by atoms with Crippen molar-refractivity contribution in [2.45, 2.75) is 13.8 Å². The van der Waals surface area contributed by atoms with E-state index in [-0.39, 0.29) is 5.92 Å². The number of hydrogen-bond donors (Lipinski definition) is 5. The molecule has 0 fully saturated rings. The molecule has 3 heterocycles. The van der Waals surface area contributed by atoms with Crippen LogP contribution in [0.3, 0.4) is 0 Å². The zero-order valence-electron chi connectivity index (χ0n) is 17.5. The van der Waals surface area contributed by atoms with Crippen LogP contribution in [0.25, 0.3) is 0 Å². The highest BCUT2D eigenvalue weighted by Crippen LogP contribution is 2.23. The molecule has 0 saturated carbocycles. The molecule has 31 heavy (non-hydrogen) atoms. The molecular weight excluding hydrogens is 388 g/mol. The highest BCUT2D eigenvalue weighted by molar-refractivity contribution is 5.97. The van der Waals surface area contributed by atoms with Gasteiger partial charge in [-0.05, 0) is 47.9 Å². The molecule has 0 amide bonds. The first-order valence-electron chi connectivity index (χ1n) is 9.80. The van der Waals surface area contributed by atoms with Crippen LogP contribution in [0.1, 0.15) is 13.8 Å². The van der Waals surface area contributed by atoms with Crippen LogP contribution in [-0.4, -0.2) is 23.2 Å². The van der Waals surface area contributed by atoms with Gasteiger partial charge in [-0.25, -0.2) is 4.99 Å². The Labute approximate surface area is 181 Å². The molecule has 158 valence electrons. The second-order valence-electron chi connectivity index (χ2n) is 7.12. The number of nitrogens with one attached hydrogen (secondary N) is 3. The summed E-state index contributed by atoms with van der Waals surface area (Å²) in [5.41, 5.74) is 16.9. The fraction of sp³-hybridized carbons (Fsp3) is 0.130. The third-order valence-corrected chi connectivity index (χ3v) is 4.57. The number of dihydropyridines is 2. The maximum absolute atomic E-state index is 7.50. The first-order chi connectivity index (χ1) is 15.0. The summed E-state index contributed by atoms with van der Waals surface area (Å²) in [5, 5.41) is 14.0. The molecule has 8 nitrogen and oxygen atoms in total. The summed E-state index contributed by atoms with van der Waals surface area (Å²) in [5.74, 6) is 1.12. The normalized spacial score (nSPS) is 17.2. The van der Waals surface area contributed by atoms with Crippen molar-refractivity contribution in [1.29, 1.82) is 5.41 Å². The molecule has 1 aromatic heterocycles. The number of nitrogens with two attached hydrogens (primary N) is 2. The number of pyridine rings is 1. The van der Waals surface area contributed by atoms with Gasteiger partial charge in [0.2, 0.25) is 0 Å². The van der Waals surface area contributed by atoms with E-state index in [1.807, 2.05) is 50.4 Å². The lowest BCUT2D eigenvalue weighted by Gasteiger charge is -2.23. The second-order valence-corrected chi connectivity index (χ2v) is 7.12. The van der Waals surface area contributed by atoms with Crippen LogP contribution < -0.4 is 22.1 Å². The van der Waals surface area contributed by atoms with Gasteiger partial charge in [-0.3, -0.25) is 9.98 Å². The summed E-state index contributed by atoms with van der Waals surface area (Å²) in [6.07, 6.45) is 17.2. The van der Waals surface area contributed by atoms with Crippen molar-refractivity contribution in [2.75, 3.05) is 0 Å². The third-order valence-electron chi connectivity index (χ3n) is 4.57. The molecule has 0 saturated heterocycles. The zero-order valence-corrected chi connectivity index (χ0v) is 17.5. The maximum atomic E-state index is 7.50. The fourth-order valence-electron chi connectivity index (χ4n) is 2.83. The number of hydrogen-bond acceptors (Lipinski definition) is 7. The summed E-state index contributed by atoms with van der Waals surface area (Å²) in [7, 11) is 0. The van der Waals surface area contributed by atoms with Crippen molar-refractivity contribution < 1.29 is 0 Å². The molecule has 0 radical (unpaired) electrons. The minimum Gasteiger partial charge on any atom is -0.404 e. The first-order valence-corrected chi connectivity index (χ1v) is 9.80. The number of aromatic nitrogens is 1. The van der Waals surface area contributed by atoms with Gasteiger partial charge in [0, 0.05) is 48.4 Å². The van der Waals surface area contributed by atoms with E-state index in [0.29, 0.717) is 11.7 Å². The number of nitrogens with zero attached hydrogens (tertiary/aromatic N) is 3.